The average Bonchev–Trinajstić information content (AvgIpc) is 3.27. The van der Waals surface area contributed by atoms with Crippen LogP contribution in [0.5, 0.6) is 0 Å². The van der Waals surface area contributed by atoms with Crippen LogP contribution in [0.15, 0.2) is 0 Å². The lowest BCUT2D eigenvalue weighted by molar-refractivity contribution is -0.141. The molecule has 2 heterocycles. The van der Waals surface area contributed by atoms with Crippen molar-refractivity contribution in [3.05, 3.63) is 0 Å². The summed E-state index contributed by atoms with van der Waals surface area (Å²) >= 11 is 0. The number of carbonyl (C=O) groups excluding carboxylic acids is 3. The van der Waals surface area contributed by atoms with Crippen LogP contribution in [0, 0.1) is 5.92 Å². The van der Waals surface area contributed by atoms with Gasteiger partial charge >= 0.3 is 5.97 Å². The number of nitrogens with zero attached hydrogens (tertiary/aromatic N) is 1. The number of hydrogen-bond donors (Lipinski definition) is 4. The quantitative estimate of drug-likeness (QED) is 0.460. The number of hydrogen-bond acceptors (Lipinski definition) is 5. The smallest absolute Gasteiger partial charge is 0.322 e. The van der Waals surface area contributed by atoms with Crippen LogP contribution < -0.4 is 16.0 Å². The van der Waals surface area contributed by atoms with E-state index in [0.29, 0.717) is 13.0 Å². The fraction of sp³-hybridized carbons (Fsp3) is 0.765. The largest absolute Gasteiger partial charge is 0.480 e. The van der Waals surface area contributed by atoms with E-state index in [0.717, 1.165) is 25.8 Å². The Kier molecular flexibility index (Phi) is 6.96. The van der Waals surface area contributed by atoms with Gasteiger partial charge in [-0.15, -0.1) is 0 Å². The number of carboxylic acids is 1. The van der Waals surface area contributed by atoms with Crippen LogP contribution in [0.3, 0.4) is 0 Å². The maximum atomic E-state index is 12.7. The lowest BCUT2D eigenvalue weighted by atomic mass is 10.0. The molecule has 0 spiro atoms. The van der Waals surface area contributed by atoms with Crippen molar-refractivity contribution in [1.82, 2.24) is 20.9 Å². The Morgan fingerprint density at radius 3 is 2.50 bits per heavy atom. The number of nitrogens with one attached hydrogen (secondary N) is 3. The summed E-state index contributed by atoms with van der Waals surface area (Å²) in [5.41, 5.74) is 0. The summed E-state index contributed by atoms with van der Waals surface area (Å²) in [5.74, 6) is -2.32. The summed E-state index contributed by atoms with van der Waals surface area (Å²) in [6, 6.07) is -1.66. The average molecular weight is 368 g/mol. The van der Waals surface area contributed by atoms with Gasteiger partial charge in [-0.2, -0.15) is 0 Å². The van der Waals surface area contributed by atoms with E-state index in [4.69, 9.17) is 5.11 Å². The summed E-state index contributed by atoms with van der Waals surface area (Å²) in [5, 5.41) is 16.8. The highest BCUT2D eigenvalue weighted by molar-refractivity contribution is 5.94. The number of likely N-dealkylation sites (tertiary alicyclic amines) is 1. The van der Waals surface area contributed by atoms with Crippen molar-refractivity contribution in [3.63, 3.8) is 0 Å². The third-order valence-electron chi connectivity index (χ3n) is 4.86. The first-order chi connectivity index (χ1) is 12.3. The minimum absolute atomic E-state index is 0.0587. The van der Waals surface area contributed by atoms with E-state index < -0.39 is 30.5 Å². The third-order valence-corrected chi connectivity index (χ3v) is 4.86. The van der Waals surface area contributed by atoms with E-state index >= 15 is 0 Å². The van der Waals surface area contributed by atoms with Gasteiger partial charge in [-0.1, -0.05) is 13.8 Å². The van der Waals surface area contributed by atoms with Gasteiger partial charge in [0.05, 0.1) is 6.04 Å². The zero-order chi connectivity index (χ0) is 19.3. The number of carbonyl (C=O) groups is 4. The molecule has 0 saturated carbocycles. The van der Waals surface area contributed by atoms with E-state index in [-0.39, 0.29) is 23.8 Å². The highest BCUT2D eigenvalue weighted by Gasteiger charge is 2.39. The molecule has 9 heteroatoms. The van der Waals surface area contributed by atoms with Gasteiger partial charge in [-0.3, -0.25) is 19.2 Å². The number of rotatable bonds is 7. The molecule has 2 rings (SSSR count). The lowest BCUT2D eigenvalue weighted by Gasteiger charge is -2.29. The second kappa shape index (κ2) is 8.98. The first-order valence-corrected chi connectivity index (χ1v) is 9.15. The summed E-state index contributed by atoms with van der Waals surface area (Å²) in [4.78, 5) is 49.7. The summed E-state index contributed by atoms with van der Waals surface area (Å²) in [7, 11) is 0. The van der Waals surface area contributed by atoms with Gasteiger partial charge in [0.25, 0.3) is 0 Å². The van der Waals surface area contributed by atoms with Crippen LogP contribution in [0.1, 0.15) is 39.5 Å². The molecule has 146 valence electrons. The molecular weight excluding hydrogens is 340 g/mol. The van der Waals surface area contributed by atoms with E-state index in [1.54, 1.807) is 18.7 Å². The fourth-order valence-corrected chi connectivity index (χ4v) is 3.46. The SMILES string of the molecule is CC(C)C(NC(=O)C1CCCN1C(=O)C1CCCN1)C(=O)NCC(=O)O. The Labute approximate surface area is 152 Å². The van der Waals surface area contributed by atoms with Gasteiger partial charge in [-0.25, -0.2) is 0 Å². The minimum atomic E-state index is -1.15. The number of aliphatic carboxylic acids is 1. The zero-order valence-corrected chi connectivity index (χ0v) is 15.3. The molecule has 2 saturated heterocycles. The van der Waals surface area contributed by atoms with Gasteiger partial charge in [0, 0.05) is 6.54 Å². The van der Waals surface area contributed by atoms with E-state index in [9.17, 15) is 19.2 Å². The van der Waals surface area contributed by atoms with Gasteiger partial charge in [0.1, 0.15) is 18.6 Å². The second-order valence-electron chi connectivity index (χ2n) is 7.18. The second-order valence-corrected chi connectivity index (χ2v) is 7.18. The monoisotopic (exact) mass is 368 g/mol. The molecule has 2 aliphatic heterocycles. The summed E-state index contributed by atoms with van der Waals surface area (Å²) in [6.45, 7) is 4.38. The maximum Gasteiger partial charge on any atom is 0.322 e. The van der Waals surface area contributed by atoms with Gasteiger partial charge in [-0.05, 0) is 38.1 Å². The van der Waals surface area contributed by atoms with Crippen molar-refractivity contribution in [2.45, 2.75) is 57.7 Å². The van der Waals surface area contributed by atoms with E-state index in [2.05, 4.69) is 16.0 Å². The number of amides is 3. The number of carboxylic acid groups (broad SMARTS) is 1. The molecule has 4 N–H and O–H groups in total. The van der Waals surface area contributed by atoms with Crippen LogP contribution in [0.4, 0.5) is 0 Å². The highest BCUT2D eigenvalue weighted by atomic mass is 16.4. The molecule has 0 aliphatic carbocycles. The van der Waals surface area contributed by atoms with Crippen molar-refractivity contribution in [2.75, 3.05) is 19.6 Å². The Morgan fingerprint density at radius 2 is 1.92 bits per heavy atom. The van der Waals surface area contributed by atoms with E-state index in [1.165, 1.54) is 0 Å². The van der Waals surface area contributed by atoms with Crippen molar-refractivity contribution in [1.29, 1.82) is 0 Å². The van der Waals surface area contributed by atoms with Crippen LogP contribution in [0.2, 0.25) is 0 Å². The molecule has 0 aromatic carbocycles. The predicted molar refractivity (Wildman–Crippen MR) is 93.2 cm³/mol. The molecular formula is C17H28N4O5. The Hall–Kier alpha value is -2.16. The van der Waals surface area contributed by atoms with Crippen LogP contribution in [-0.2, 0) is 19.2 Å². The molecule has 2 aliphatic rings. The minimum Gasteiger partial charge on any atom is -0.480 e. The molecule has 0 radical (unpaired) electrons. The van der Waals surface area contributed by atoms with Crippen molar-refractivity contribution in [3.8, 4) is 0 Å². The van der Waals surface area contributed by atoms with Gasteiger partial charge in [0.15, 0.2) is 0 Å². The van der Waals surface area contributed by atoms with Gasteiger partial charge < -0.3 is 26.0 Å². The third kappa shape index (κ3) is 4.94. The predicted octanol–water partition coefficient (Wildman–Crippen LogP) is -0.929. The normalized spacial score (nSPS) is 23.7. The van der Waals surface area contributed by atoms with Crippen molar-refractivity contribution < 1.29 is 24.3 Å². The Bertz CT molecular complexity index is 559. The Morgan fingerprint density at radius 1 is 1.19 bits per heavy atom. The van der Waals surface area contributed by atoms with Crippen molar-refractivity contribution >= 4 is 23.7 Å². The van der Waals surface area contributed by atoms with Crippen LogP contribution >= 0.6 is 0 Å². The highest BCUT2D eigenvalue weighted by Crippen LogP contribution is 2.21. The fourth-order valence-electron chi connectivity index (χ4n) is 3.46. The molecule has 26 heavy (non-hydrogen) atoms. The van der Waals surface area contributed by atoms with E-state index in [1.807, 2.05) is 0 Å². The molecule has 3 amide bonds. The topological polar surface area (TPSA) is 128 Å². The Balaban J connectivity index is 1.99. The molecule has 9 nitrogen and oxygen atoms in total. The van der Waals surface area contributed by atoms with Crippen LogP contribution in [-0.4, -0.2) is 71.5 Å². The standard InChI is InChI=1S/C17H28N4O5/c1-10(2)14(16(25)19-9-13(22)23)20-15(24)12-6-4-8-21(12)17(26)11-5-3-7-18-11/h10-12,14,18H,3-9H2,1-2H3,(H,19,25)(H,20,24)(H,22,23). The van der Waals surface area contributed by atoms with Crippen LogP contribution in [0.25, 0.3) is 0 Å². The summed E-state index contributed by atoms with van der Waals surface area (Å²) in [6.07, 6.45) is 3.02. The molecule has 0 aromatic rings. The van der Waals surface area contributed by atoms with Gasteiger partial charge in [0.2, 0.25) is 17.7 Å². The lowest BCUT2D eigenvalue weighted by Crippen LogP contribution is -2.56. The van der Waals surface area contributed by atoms with Crippen molar-refractivity contribution in [2.24, 2.45) is 5.92 Å². The summed E-state index contributed by atoms with van der Waals surface area (Å²) < 4.78 is 0. The zero-order valence-electron chi connectivity index (χ0n) is 15.3. The molecule has 0 aromatic heterocycles. The first kappa shape index (κ1) is 20.2. The molecule has 0 bridgehead atoms. The molecule has 3 atom stereocenters. The maximum absolute atomic E-state index is 12.7. The molecule has 3 unspecified atom stereocenters. The molecule has 2 fully saturated rings. The first-order valence-electron chi connectivity index (χ1n) is 9.15.